The molecule has 1 N–H and O–H groups in total. The highest BCUT2D eigenvalue weighted by Crippen LogP contribution is 2.15. The zero-order valence-corrected chi connectivity index (χ0v) is 7.37. The Morgan fingerprint density at radius 3 is 2.36 bits per heavy atom. The highest BCUT2D eigenvalue weighted by atomic mass is 16.4. The Morgan fingerprint density at radius 1 is 1.55 bits per heavy atom. The topological polar surface area (TPSA) is 37.3 Å². The van der Waals surface area contributed by atoms with Crippen molar-refractivity contribution in [2.75, 3.05) is 0 Å². The molecule has 0 heterocycles. The summed E-state index contributed by atoms with van der Waals surface area (Å²) in [5.41, 5.74) is 0. The Kier molecular flexibility index (Phi) is 4.59. The summed E-state index contributed by atoms with van der Waals surface area (Å²) in [6, 6.07) is 0. The van der Waals surface area contributed by atoms with Crippen molar-refractivity contribution in [3.8, 4) is 0 Å². The standard InChI is InChI=1S/C9H16O2/c1-4-5-6-8(7(2)3)9(10)11/h4-5,7-8H,6H2,1-3H3,(H,10,11)/b5-4+. The molecule has 0 aliphatic heterocycles. The van der Waals surface area contributed by atoms with Gasteiger partial charge in [0.2, 0.25) is 0 Å². The largest absolute Gasteiger partial charge is 0.481 e. The summed E-state index contributed by atoms with van der Waals surface area (Å²) in [7, 11) is 0. The summed E-state index contributed by atoms with van der Waals surface area (Å²) < 4.78 is 0. The molecule has 0 rings (SSSR count). The van der Waals surface area contributed by atoms with Gasteiger partial charge in [-0.2, -0.15) is 0 Å². The van der Waals surface area contributed by atoms with Crippen LogP contribution >= 0.6 is 0 Å². The van der Waals surface area contributed by atoms with Crippen LogP contribution in [-0.4, -0.2) is 11.1 Å². The maximum Gasteiger partial charge on any atom is 0.307 e. The molecule has 64 valence electrons. The summed E-state index contributed by atoms with van der Waals surface area (Å²) in [6.07, 6.45) is 4.43. The number of allylic oxidation sites excluding steroid dienone is 2. The van der Waals surface area contributed by atoms with E-state index >= 15 is 0 Å². The van der Waals surface area contributed by atoms with E-state index in [0.29, 0.717) is 6.42 Å². The molecule has 0 amide bonds. The molecule has 2 nitrogen and oxygen atoms in total. The fourth-order valence-electron chi connectivity index (χ4n) is 0.941. The number of hydrogen-bond donors (Lipinski definition) is 1. The van der Waals surface area contributed by atoms with Crippen molar-refractivity contribution in [1.29, 1.82) is 0 Å². The van der Waals surface area contributed by atoms with E-state index in [9.17, 15) is 4.79 Å². The average molecular weight is 156 g/mol. The van der Waals surface area contributed by atoms with Crippen molar-refractivity contribution >= 4 is 5.97 Å². The van der Waals surface area contributed by atoms with Crippen LogP contribution < -0.4 is 0 Å². The van der Waals surface area contributed by atoms with Crippen LogP contribution in [0.1, 0.15) is 27.2 Å². The molecule has 1 unspecified atom stereocenters. The Morgan fingerprint density at radius 2 is 2.09 bits per heavy atom. The molecule has 0 aliphatic rings. The lowest BCUT2D eigenvalue weighted by Gasteiger charge is -2.12. The van der Waals surface area contributed by atoms with Gasteiger partial charge in [-0.15, -0.1) is 0 Å². The monoisotopic (exact) mass is 156 g/mol. The summed E-state index contributed by atoms with van der Waals surface area (Å²) in [6.45, 7) is 5.77. The maximum atomic E-state index is 10.6. The minimum Gasteiger partial charge on any atom is -0.481 e. The SMILES string of the molecule is C/C=C/CC(C(=O)O)C(C)C. The Balaban J connectivity index is 4.00. The van der Waals surface area contributed by atoms with Gasteiger partial charge in [0.1, 0.15) is 0 Å². The fourth-order valence-corrected chi connectivity index (χ4v) is 0.941. The van der Waals surface area contributed by atoms with Crippen LogP contribution in [0.3, 0.4) is 0 Å². The van der Waals surface area contributed by atoms with Crippen LogP contribution in [0, 0.1) is 11.8 Å². The predicted molar refractivity (Wildman–Crippen MR) is 45.4 cm³/mol. The minimum absolute atomic E-state index is 0.212. The Hall–Kier alpha value is -0.790. The van der Waals surface area contributed by atoms with Crippen molar-refractivity contribution in [1.82, 2.24) is 0 Å². The molecule has 0 saturated carbocycles. The molecular weight excluding hydrogens is 140 g/mol. The van der Waals surface area contributed by atoms with Crippen molar-refractivity contribution in [3.05, 3.63) is 12.2 Å². The lowest BCUT2D eigenvalue weighted by Crippen LogP contribution is -2.18. The first-order valence-electron chi connectivity index (χ1n) is 3.93. The Labute approximate surface area is 67.9 Å². The Bertz CT molecular complexity index is 148. The first kappa shape index (κ1) is 10.2. The third kappa shape index (κ3) is 3.81. The molecule has 0 fully saturated rings. The summed E-state index contributed by atoms with van der Waals surface area (Å²) >= 11 is 0. The summed E-state index contributed by atoms with van der Waals surface area (Å²) in [5, 5.41) is 8.74. The molecular formula is C9H16O2. The lowest BCUT2D eigenvalue weighted by atomic mass is 9.93. The van der Waals surface area contributed by atoms with Crippen LogP contribution in [0.25, 0.3) is 0 Å². The van der Waals surface area contributed by atoms with E-state index in [4.69, 9.17) is 5.11 Å². The molecule has 0 radical (unpaired) electrons. The molecule has 2 heteroatoms. The first-order chi connectivity index (χ1) is 5.09. The number of carboxylic acid groups (broad SMARTS) is 1. The minimum atomic E-state index is -0.696. The van der Waals surface area contributed by atoms with Crippen LogP contribution in [0.4, 0.5) is 0 Å². The first-order valence-corrected chi connectivity index (χ1v) is 3.93. The molecule has 0 aromatic heterocycles. The van der Waals surface area contributed by atoms with Gasteiger partial charge in [0.05, 0.1) is 5.92 Å². The maximum absolute atomic E-state index is 10.6. The van der Waals surface area contributed by atoms with Crippen molar-refractivity contribution in [3.63, 3.8) is 0 Å². The smallest absolute Gasteiger partial charge is 0.307 e. The molecule has 11 heavy (non-hydrogen) atoms. The fraction of sp³-hybridized carbons (Fsp3) is 0.667. The van der Waals surface area contributed by atoms with Gasteiger partial charge in [-0.25, -0.2) is 0 Å². The number of carbonyl (C=O) groups is 1. The molecule has 0 aliphatic carbocycles. The van der Waals surface area contributed by atoms with E-state index in [0.717, 1.165) is 0 Å². The second-order valence-electron chi connectivity index (χ2n) is 2.99. The average Bonchev–Trinajstić information content (AvgIpc) is 1.87. The summed E-state index contributed by atoms with van der Waals surface area (Å²) in [5.74, 6) is -0.715. The van der Waals surface area contributed by atoms with Crippen LogP contribution in [0.15, 0.2) is 12.2 Å². The summed E-state index contributed by atoms with van der Waals surface area (Å²) in [4.78, 5) is 10.6. The molecule has 0 aromatic rings. The van der Waals surface area contributed by atoms with Gasteiger partial charge in [-0.05, 0) is 19.3 Å². The number of aliphatic carboxylic acids is 1. The molecule has 1 atom stereocenters. The quantitative estimate of drug-likeness (QED) is 0.634. The zero-order chi connectivity index (χ0) is 8.85. The van der Waals surface area contributed by atoms with Crippen LogP contribution in [-0.2, 0) is 4.79 Å². The number of hydrogen-bond acceptors (Lipinski definition) is 1. The number of carboxylic acids is 1. The van der Waals surface area contributed by atoms with E-state index in [-0.39, 0.29) is 11.8 Å². The van der Waals surface area contributed by atoms with Crippen molar-refractivity contribution < 1.29 is 9.90 Å². The van der Waals surface area contributed by atoms with Crippen LogP contribution in [0.2, 0.25) is 0 Å². The van der Waals surface area contributed by atoms with E-state index in [1.807, 2.05) is 32.9 Å². The van der Waals surface area contributed by atoms with Crippen molar-refractivity contribution in [2.24, 2.45) is 11.8 Å². The van der Waals surface area contributed by atoms with Gasteiger partial charge >= 0.3 is 5.97 Å². The van der Waals surface area contributed by atoms with Gasteiger partial charge in [0.15, 0.2) is 0 Å². The molecule has 0 bridgehead atoms. The second kappa shape index (κ2) is 4.94. The van der Waals surface area contributed by atoms with E-state index in [1.165, 1.54) is 0 Å². The van der Waals surface area contributed by atoms with E-state index in [1.54, 1.807) is 0 Å². The third-order valence-corrected chi connectivity index (χ3v) is 1.75. The normalized spacial score (nSPS) is 14.2. The van der Waals surface area contributed by atoms with E-state index in [2.05, 4.69) is 0 Å². The van der Waals surface area contributed by atoms with Crippen molar-refractivity contribution in [2.45, 2.75) is 27.2 Å². The predicted octanol–water partition coefficient (Wildman–Crippen LogP) is 2.31. The van der Waals surface area contributed by atoms with Gasteiger partial charge < -0.3 is 5.11 Å². The second-order valence-corrected chi connectivity index (χ2v) is 2.99. The van der Waals surface area contributed by atoms with E-state index < -0.39 is 5.97 Å². The van der Waals surface area contributed by atoms with Gasteiger partial charge in [-0.1, -0.05) is 26.0 Å². The molecule has 0 spiro atoms. The van der Waals surface area contributed by atoms with Crippen LogP contribution in [0.5, 0.6) is 0 Å². The van der Waals surface area contributed by atoms with Gasteiger partial charge in [0, 0.05) is 0 Å². The zero-order valence-electron chi connectivity index (χ0n) is 7.37. The molecule has 0 aromatic carbocycles. The third-order valence-electron chi connectivity index (χ3n) is 1.75. The lowest BCUT2D eigenvalue weighted by molar-refractivity contribution is -0.143. The highest BCUT2D eigenvalue weighted by Gasteiger charge is 2.18. The molecule has 0 saturated heterocycles. The number of rotatable bonds is 4. The van der Waals surface area contributed by atoms with Gasteiger partial charge in [0.25, 0.3) is 0 Å². The highest BCUT2D eigenvalue weighted by molar-refractivity contribution is 5.70. The van der Waals surface area contributed by atoms with Gasteiger partial charge in [-0.3, -0.25) is 4.79 Å².